The zero-order valence-corrected chi connectivity index (χ0v) is 14.6. The lowest BCUT2D eigenvalue weighted by Gasteiger charge is -2.18. The highest BCUT2D eigenvalue weighted by molar-refractivity contribution is 6.30. The first-order chi connectivity index (χ1) is 11.3. The standard InChI is InChI=1S/C20H18ClNO2/c1-20(2,3)15-8-6-14(7-9-15)18-22-17(19(23)24-18)12-13-4-10-16(21)11-5-13/h4-12H,1-3H3/b17-12+. The zero-order valence-electron chi connectivity index (χ0n) is 13.8. The van der Waals surface area contributed by atoms with Crippen LogP contribution >= 0.6 is 11.6 Å². The van der Waals surface area contributed by atoms with Crippen LogP contribution in [0.1, 0.15) is 37.5 Å². The van der Waals surface area contributed by atoms with Crippen LogP contribution in [0, 0.1) is 0 Å². The fraction of sp³-hybridized carbons (Fsp3) is 0.200. The Hall–Kier alpha value is -2.39. The number of hydrogen-bond donors (Lipinski definition) is 0. The van der Waals surface area contributed by atoms with E-state index in [2.05, 4.69) is 25.8 Å². The summed E-state index contributed by atoms with van der Waals surface area (Å²) in [5.74, 6) is -0.111. The van der Waals surface area contributed by atoms with Crippen molar-refractivity contribution < 1.29 is 9.53 Å². The van der Waals surface area contributed by atoms with Gasteiger partial charge in [0.1, 0.15) is 0 Å². The van der Waals surface area contributed by atoms with Crippen molar-refractivity contribution in [1.29, 1.82) is 0 Å². The number of cyclic esters (lactones) is 1. The third-order valence-electron chi connectivity index (χ3n) is 3.79. The van der Waals surface area contributed by atoms with Gasteiger partial charge in [-0.3, -0.25) is 0 Å². The van der Waals surface area contributed by atoms with Crippen molar-refractivity contribution >= 4 is 29.5 Å². The van der Waals surface area contributed by atoms with Gasteiger partial charge in [-0.15, -0.1) is 0 Å². The number of carbonyl (C=O) groups is 1. The number of hydrogen-bond acceptors (Lipinski definition) is 3. The van der Waals surface area contributed by atoms with Crippen LogP contribution in [0.3, 0.4) is 0 Å². The van der Waals surface area contributed by atoms with E-state index in [1.807, 2.05) is 36.4 Å². The van der Waals surface area contributed by atoms with Crippen LogP contribution in [0.5, 0.6) is 0 Å². The molecule has 0 radical (unpaired) electrons. The summed E-state index contributed by atoms with van der Waals surface area (Å²) in [5.41, 5.74) is 3.21. The van der Waals surface area contributed by atoms with E-state index in [1.54, 1.807) is 18.2 Å². The monoisotopic (exact) mass is 339 g/mol. The maximum Gasteiger partial charge on any atom is 0.363 e. The number of carbonyl (C=O) groups excluding carboxylic acids is 1. The average molecular weight is 340 g/mol. The summed E-state index contributed by atoms with van der Waals surface area (Å²) in [6.07, 6.45) is 1.69. The number of rotatable bonds is 2. The molecule has 0 bridgehead atoms. The Morgan fingerprint density at radius 1 is 1.00 bits per heavy atom. The lowest BCUT2D eigenvalue weighted by atomic mass is 9.87. The number of halogens is 1. The summed E-state index contributed by atoms with van der Waals surface area (Å²) in [6, 6.07) is 15.1. The van der Waals surface area contributed by atoms with Gasteiger partial charge in [0.2, 0.25) is 5.90 Å². The molecule has 3 rings (SSSR count). The first-order valence-electron chi connectivity index (χ1n) is 7.72. The van der Waals surface area contributed by atoms with Crippen LogP contribution < -0.4 is 0 Å². The molecule has 1 aliphatic rings. The van der Waals surface area contributed by atoms with E-state index in [9.17, 15) is 4.79 Å². The lowest BCUT2D eigenvalue weighted by molar-refractivity contribution is -0.129. The predicted octanol–water partition coefficient (Wildman–Crippen LogP) is 4.98. The second kappa shape index (κ2) is 6.25. The Bertz CT molecular complexity index is 825. The Morgan fingerprint density at radius 3 is 2.21 bits per heavy atom. The van der Waals surface area contributed by atoms with Crippen LogP contribution in [0.25, 0.3) is 6.08 Å². The highest BCUT2D eigenvalue weighted by atomic mass is 35.5. The Kier molecular flexibility index (Phi) is 4.29. The van der Waals surface area contributed by atoms with Crippen molar-refractivity contribution in [3.63, 3.8) is 0 Å². The summed E-state index contributed by atoms with van der Waals surface area (Å²) < 4.78 is 5.30. The smallest absolute Gasteiger partial charge is 0.363 e. The second-order valence-corrected chi connectivity index (χ2v) is 7.15. The van der Waals surface area contributed by atoms with E-state index in [4.69, 9.17) is 16.3 Å². The first-order valence-corrected chi connectivity index (χ1v) is 8.10. The maximum atomic E-state index is 12.0. The molecule has 0 N–H and O–H groups in total. The Morgan fingerprint density at radius 2 is 1.62 bits per heavy atom. The Balaban J connectivity index is 1.87. The molecular formula is C20H18ClNO2. The van der Waals surface area contributed by atoms with Crippen LogP contribution in [-0.2, 0) is 14.9 Å². The van der Waals surface area contributed by atoms with E-state index >= 15 is 0 Å². The molecule has 0 saturated carbocycles. The summed E-state index contributed by atoms with van der Waals surface area (Å²) in [5, 5.41) is 0.647. The number of aliphatic imine (C=N–C) groups is 1. The van der Waals surface area contributed by atoms with E-state index in [1.165, 1.54) is 5.56 Å². The molecule has 2 aromatic rings. The summed E-state index contributed by atoms with van der Waals surface area (Å²) in [7, 11) is 0. The van der Waals surface area contributed by atoms with E-state index < -0.39 is 5.97 Å². The highest BCUT2D eigenvalue weighted by Crippen LogP contribution is 2.24. The molecule has 0 unspecified atom stereocenters. The SMILES string of the molecule is CC(C)(C)c1ccc(C2=N/C(=C/c3ccc(Cl)cc3)C(=O)O2)cc1. The third kappa shape index (κ3) is 3.57. The van der Waals surface area contributed by atoms with E-state index in [0.717, 1.165) is 11.1 Å². The fourth-order valence-electron chi connectivity index (χ4n) is 2.36. The van der Waals surface area contributed by atoms with E-state index in [-0.39, 0.29) is 11.1 Å². The topological polar surface area (TPSA) is 38.7 Å². The van der Waals surface area contributed by atoms with Gasteiger partial charge in [0.15, 0.2) is 5.70 Å². The molecule has 0 aromatic heterocycles. The molecule has 0 spiro atoms. The van der Waals surface area contributed by atoms with Crippen LogP contribution in [0.4, 0.5) is 0 Å². The van der Waals surface area contributed by atoms with Crippen molar-refractivity contribution in [2.75, 3.05) is 0 Å². The first kappa shape index (κ1) is 16.5. The number of benzene rings is 2. The quantitative estimate of drug-likeness (QED) is 0.571. The fourth-order valence-corrected chi connectivity index (χ4v) is 2.49. The van der Waals surface area contributed by atoms with E-state index in [0.29, 0.717) is 10.9 Å². The van der Waals surface area contributed by atoms with Crippen molar-refractivity contribution in [2.45, 2.75) is 26.2 Å². The minimum absolute atomic E-state index is 0.0757. The largest absolute Gasteiger partial charge is 0.402 e. The van der Waals surface area contributed by atoms with Gasteiger partial charge in [-0.1, -0.05) is 56.6 Å². The number of ether oxygens (including phenoxy) is 1. The normalized spacial score (nSPS) is 16.2. The Labute approximate surface area is 146 Å². The van der Waals surface area contributed by atoms with Gasteiger partial charge in [0, 0.05) is 10.6 Å². The number of nitrogens with zero attached hydrogens (tertiary/aromatic N) is 1. The molecule has 2 aromatic carbocycles. The van der Waals surface area contributed by atoms with Gasteiger partial charge >= 0.3 is 5.97 Å². The molecule has 3 nitrogen and oxygen atoms in total. The van der Waals surface area contributed by atoms with Gasteiger partial charge in [-0.2, -0.15) is 0 Å². The highest BCUT2D eigenvalue weighted by Gasteiger charge is 2.24. The molecular weight excluding hydrogens is 322 g/mol. The molecule has 0 saturated heterocycles. The molecule has 0 atom stereocenters. The third-order valence-corrected chi connectivity index (χ3v) is 4.04. The summed E-state index contributed by atoms with van der Waals surface area (Å²) in [4.78, 5) is 16.3. The molecule has 4 heteroatoms. The molecule has 1 heterocycles. The minimum Gasteiger partial charge on any atom is -0.402 e. The predicted molar refractivity (Wildman–Crippen MR) is 97.2 cm³/mol. The molecule has 0 amide bonds. The molecule has 0 fully saturated rings. The summed E-state index contributed by atoms with van der Waals surface area (Å²) >= 11 is 5.87. The summed E-state index contributed by atoms with van der Waals surface area (Å²) in [6.45, 7) is 6.46. The van der Waals surface area contributed by atoms with Crippen LogP contribution in [0.2, 0.25) is 5.02 Å². The lowest BCUT2D eigenvalue weighted by Crippen LogP contribution is -2.11. The number of esters is 1. The van der Waals surface area contributed by atoms with Crippen molar-refractivity contribution in [3.8, 4) is 0 Å². The minimum atomic E-state index is -0.445. The van der Waals surface area contributed by atoms with Gasteiger partial charge in [0.25, 0.3) is 0 Å². The molecule has 0 aliphatic carbocycles. The zero-order chi connectivity index (χ0) is 17.3. The van der Waals surface area contributed by atoms with Gasteiger partial charge in [-0.05, 0) is 46.9 Å². The van der Waals surface area contributed by atoms with Crippen molar-refractivity contribution in [1.82, 2.24) is 0 Å². The average Bonchev–Trinajstić information content (AvgIpc) is 2.90. The second-order valence-electron chi connectivity index (χ2n) is 6.71. The molecule has 122 valence electrons. The van der Waals surface area contributed by atoms with Crippen molar-refractivity contribution in [3.05, 3.63) is 75.9 Å². The molecule has 1 aliphatic heterocycles. The van der Waals surface area contributed by atoms with Gasteiger partial charge in [0.05, 0.1) is 0 Å². The maximum absolute atomic E-state index is 12.0. The molecule has 24 heavy (non-hydrogen) atoms. The van der Waals surface area contributed by atoms with Crippen molar-refractivity contribution in [2.24, 2.45) is 4.99 Å². The van der Waals surface area contributed by atoms with Crippen LogP contribution in [0.15, 0.2) is 59.2 Å². The van der Waals surface area contributed by atoms with Crippen LogP contribution in [-0.4, -0.2) is 11.9 Å². The van der Waals surface area contributed by atoms with Gasteiger partial charge < -0.3 is 4.74 Å². The van der Waals surface area contributed by atoms with Gasteiger partial charge in [-0.25, -0.2) is 9.79 Å².